The molecular formula is C19H26N2O3. The standard InChI is InChI=1S/C19H26N2O3/c1-19(2,3)24-18(23)21-13-7-12-20(14-15-21)17(22)11-10-16-8-5-4-6-9-16/h4-6,8-11H,7,12-15H2,1-3H3/b11-10+. The van der Waals surface area contributed by atoms with Gasteiger partial charge in [-0.05, 0) is 38.8 Å². The second-order valence-corrected chi connectivity index (χ2v) is 6.89. The third-order valence-electron chi connectivity index (χ3n) is 3.68. The van der Waals surface area contributed by atoms with Crippen LogP contribution in [0.5, 0.6) is 0 Å². The zero-order valence-electron chi connectivity index (χ0n) is 14.7. The average molecular weight is 330 g/mol. The summed E-state index contributed by atoms with van der Waals surface area (Å²) in [5, 5.41) is 0. The van der Waals surface area contributed by atoms with Crippen molar-refractivity contribution in [2.45, 2.75) is 32.8 Å². The van der Waals surface area contributed by atoms with Gasteiger partial charge in [-0.15, -0.1) is 0 Å². The van der Waals surface area contributed by atoms with Crippen LogP contribution >= 0.6 is 0 Å². The molecule has 0 aliphatic carbocycles. The number of amides is 2. The van der Waals surface area contributed by atoms with Gasteiger partial charge in [0.25, 0.3) is 0 Å². The first-order valence-electron chi connectivity index (χ1n) is 8.35. The Balaban J connectivity index is 1.89. The van der Waals surface area contributed by atoms with Crippen LogP contribution in [0.15, 0.2) is 36.4 Å². The van der Waals surface area contributed by atoms with E-state index in [0.29, 0.717) is 26.2 Å². The van der Waals surface area contributed by atoms with E-state index in [0.717, 1.165) is 12.0 Å². The van der Waals surface area contributed by atoms with Gasteiger partial charge in [-0.2, -0.15) is 0 Å². The maximum Gasteiger partial charge on any atom is 0.410 e. The molecule has 24 heavy (non-hydrogen) atoms. The summed E-state index contributed by atoms with van der Waals surface area (Å²) in [5.41, 5.74) is 0.494. The highest BCUT2D eigenvalue weighted by Gasteiger charge is 2.25. The van der Waals surface area contributed by atoms with E-state index < -0.39 is 5.60 Å². The third kappa shape index (κ3) is 5.72. The zero-order valence-corrected chi connectivity index (χ0v) is 14.7. The second-order valence-electron chi connectivity index (χ2n) is 6.89. The molecule has 0 bridgehead atoms. The fourth-order valence-electron chi connectivity index (χ4n) is 2.48. The van der Waals surface area contributed by atoms with Crippen LogP contribution in [-0.4, -0.2) is 53.6 Å². The number of hydrogen-bond donors (Lipinski definition) is 0. The molecule has 0 atom stereocenters. The van der Waals surface area contributed by atoms with E-state index >= 15 is 0 Å². The number of hydrogen-bond acceptors (Lipinski definition) is 3. The Morgan fingerprint density at radius 2 is 1.62 bits per heavy atom. The Kier molecular flexibility index (Phi) is 6.01. The average Bonchev–Trinajstić information content (AvgIpc) is 2.78. The summed E-state index contributed by atoms with van der Waals surface area (Å²) in [6.07, 6.45) is 3.86. The lowest BCUT2D eigenvalue weighted by molar-refractivity contribution is -0.125. The number of carbonyl (C=O) groups is 2. The predicted molar refractivity (Wildman–Crippen MR) is 94.5 cm³/mol. The number of rotatable bonds is 2. The number of nitrogens with zero attached hydrogens (tertiary/aromatic N) is 2. The maximum absolute atomic E-state index is 12.3. The minimum atomic E-state index is -0.503. The SMILES string of the molecule is CC(C)(C)OC(=O)N1CCCN(C(=O)/C=C/c2ccccc2)CC1. The van der Waals surface area contributed by atoms with Crippen LogP contribution in [0.4, 0.5) is 4.79 Å². The highest BCUT2D eigenvalue weighted by molar-refractivity contribution is 5.91. The van der Waals surface area contributed by atoms with Gasteiger partial charge in [0.2, 0.25) is 5.91 Å². The van der Waals surface area contributed by atoms with Gasteiger partial charge in [0.05, 0.1) is 0 Å². The molecule has 1 aliphatic rings. The summed E-state index contributed by atoms with van der Waals surface area (Å²) in [6, 6.07) is 9.73. The van der Waals surface area contributed by atoms with E-state index in [-0.39, 0.29) is 12.0 Å². The van der Waals surface area contributed by atoms with Gasteiger partial charge >= 0.3 is 6.09 Å². The van der Waals surface area contributed by atoms with E-state index in [1.807, 2.05) is 57.2 Å². The fraction of sp³-hybridized carbons (Fsp3) is 0.474. The van der Waals surface area contributed by atoms with Crippen molar-refractivity contribution in [3.63, 3.8) is 0 Å². The topological polar surface area (TPSA) is 49.9 Å². The maximum atomic E-state index is 12.3. The van der Waals surface area contributed by atoms with E-state index in [9.17, 15) is 9.59 Å². The van der Waals surface area contributed by atoms with Crippen LogP contribution in [0.25, 0.3) is 6.08 Å². The smallest absolute Gasteiger partial charge is 0.410 e. The van der Waals surface area contributed by atoms with E-state index in [1.165, 1.54) is 0 Å². The van der Waals surface area contributed by atoms with Crippen LogP contribution in [-0.2, 0) is 9.53 Å². The quantitative estimate of drug-likeness (QED) is 0.783. The lowest BCUT2D eigenvalue weighted by Crippen LogP contribution is -2.39. The Labute approximate surface area is 143 Å². The minimum absolute atomic E-state index is 0.0232. The van der Waals surface area contributed by atoms with E-state index in [2.05, 4.69) is 0 Å². The molecule has 1 saturated heterocycles. The predicted octanol–water partition coefficient (Wildman–Crippen LogP) is 3.17. The first-order chi connectivity index (χ1) is 11.3. The molecule has 0 N–H and O–H groups in total. The largest absolute Gasteiger partial charge is 0.444 e. The first kappa shape index (κ1) is 18.0. The van der Waals surface area contributed by atoms with Crippen LogP contribution in [0, 0.1) is 0 Å². The van der Waals surface area contributed by atoms with Crippen molar-refractivity contribution in [2.24, 2.45) is 0 Å². The van der Waals surface area contributed by atoms with Crippen molar-refractivity contribution >= 4 is 18.1 Å². The van der Waals surface area contributed by atoms with E-state index in [4.69, 9.17) is 4.74 Å². The van der Waals surface area contributed by atoms with Crippen molar-refractivity contribution in [3.8, 4) is 0 Å². The van der Waals surface area contributed by atoms with Crippen molar-refractivity contribution in [1.29, 1.82) is 0 Å². The van der Waals surface area contributed by atoms with Gasteiger partial charge in [0.15, 0.2) is 0 Å². The highest BCUT2D eigenvalue weighted by atomic mass is 16.6. The monoisotopic (exact) mass is 330 g/mol. The van der Waals surface area contributed by atoms with Crippen molar-refractivity contribution in [3.05, 3.63) is 42.0 Å². The highest BCUT2D eigenvalue weighted by Crippen LogP contribution is 2.12. The molecule has 1 heterocycles. The fourth-order valence-corrected chi connectivity index (χ4v) is 2.48. The molecule has 0 saturated carbocycles. The summed E-state index contributed by atoms with van der Waals surface area (Å²) in [7, 11) is 0. The Morgan fingerprint density at radius 3 is 2.29 bits per heavy atom. The third-order valence-corrected chi connectivity index (χ3v) is 3.68. The molecule has 0 aromatic heterocycles. The molecule has 1 fully saturated rings. The van der Waals surface area contributed by atoms with Crippen LogP contribution in [0.2, 0.25) is 0 Å². The molecule has 2 rings (SSSR count). The van der Waals surface area contributed by atoms with E-state index in [1.54, 1.807) is 15.9 Å². The van der Waals surface area contributed by atoms with Gasteiger partial charge in [0, 0.05) is 32.3 Å². The Hall–Kier alpha value is -2.30. The Morgan fingerprint density at radius 1 is 1.00 bits per heavy atom. The molecule has 5 heteroatoms. The second kappa shape index (κ2) is 7.99. The van der Waals surface area contributed by atoms with Gasteiger partial charge in [-0.3, -0.25) is 4.79 Å². The van der Waals surface area contributed by atoms with Crippen molar-refractivity contribution in [2.75, 3.05) is 26.2 Å². The Bertz CT molecular complexity index is 590. The number of benzene rings is 1. The summed E-state index contributed by atoms with van der Waals surface area (Å²) in [4.78, 5) is 27.9. The van der Waals surface area contributed by atoms with Gasteiger partial charge < -0.3 is 14.5 Å². The molecule has 130 valence electrons. The van der Waals surface area contributed by atoms with Gasteiger partial charge in [-0.25, -0.2) is 4.79 Å². The summed E-state index contributed by atoms with van der Waals surface area (Å²) in [5.74, 6) is -0.0232. The first-order valence-corrected chi connectivity index (χ1v) is 8.35. The molecule has 0 unspecified atom stereocenters. The molecule has 5 nitrogen and oxygen atoms in total. The zero-order chi connectivity index (χ0) is 17.6. The van der Waals surface area contributed by atoms with Crippen LogP contribution in [0.1, 0.15) is 32.8 Å². The van der Waals surface area contributed by atoms with Crippen molar-refractivity contribution < 1.29 is 14.3 Å². The summed E-state index contributed by atoms with van der Waals surface area (Å²) in [6.45, 7) is 7.85. The molecule has 1 aromatic rings. The minimum Gasteiger partial charge on any atom is -0.444 e. The molecule has 0 spiro atoms. The van der Waals surface area contributed by atoms with Crippen molar-refractivity contribution in [1.82, 2.24) is 9.80 Å². The normalized spacial score (nSPS) is 16.1. The van der Waals surface area contributed by atoms with Crippen LogP contribution in [0.3, 0.4) is 0 Å². The van der Waals surface area contributed by atoms with Gasteiger partial charge in [-0.1, -0.05) is 30.3 Å². The molecule has 1 aromatic carbocycles. The molecule has 1 aliphatic heterocycles. The number of carbonyl (C=O) groups excluding carboxylic acids is 2. The molecule has 0 radical (unpaired) electrons. The number of ether oxygens (including phenoxy) is 1. The summed E-state index contributed by atoms with van der Waals surface area (Å²) < 4.78 is 5.40. The van der Waals surface area contributed by atoms with Crippen LogP contribution < -0.4 is 0 Å². The molecular weight excluding hydrogens is 304 g/mol. The lowest BCUT2D eigenvalue weighted by Gasteiger charge is -2.26. The molecule has 2 amide bonds. The van der Waals surface area contributed by atoms with Gasteiger partial charge in [0.1, 0.15) is 5.60 Å². The lowest BCUT2D eigenvalue weighted by atomic mass is 10.2. The summed E-state index contributed by atoms with van der Waals surface area (Å²) >= 11 is 0.